The van der Waals surface area contributed by atoms with Gasteiger partial charge < -0.3 is 0 Å². The zero-order valence-corrected chi connectivity index (χ0v) is 8.38. The number of pyridine rings is 1. The second-order valence-corrected chi connectivity index (χ2v) is 3.91. The van der Waals surface area contributed by atoms with Gasteiger partial charge in [0.1, 0.15) is 5.15 Å². The van der Waals surface area contributed by atoms with Gasteiger partial charge in [-0.2, -0.15) is 0 Å². The summed E-state index contributed by atoms with van der Waals surface area (Å²) in [6.07, 6.45) is 1.73. The summed E-state index contributed by atoms with van der Waals surface area (Å²) in [5, 5.41) is 3.55. The predicted octanol–water partition coefficient (Wildman–Crippen LogP) is 3.69. The molecule has 2 rings (SSSR count). The number of halogens is 2. The van der Waals surface area contributed by atoms with Crippen molar-refractivity contribution in [3.8, 4) is 0 Å². The van der Waals surface area contributed by atoms with Crippen molar-refractivity contribution >= 4 is 44.6 Å². The number of hydrogen-bond acceptors (Lipinski definition) is 2. The molecular formula is C8H5Cl2NS. The topological polar surface area (TPSA) is 12.9 Å². The number of alkyl halides is 1. The maximum Gasteiger partial charge on any atom is 0.137 e. The van der Waals surface area contributed by atoms with Gasteiger partial charge in [0, 0.05) is 21.8 Å². The molecule has 0 radical (unpaired) electrons. The predicted molar refractivity (Wildman–Crippen MR) is 54.2 cm³/mol. The third-order valence-electron chi connectivity index (χ3n) is 1.66. The standard InChI is InChI=1S/C8H5Cl2NS/c9-3-5-4-11-8(10)6-1-2-12-7(5)6/h1-2,4H,3H2. The molecule has 0 fully saturated rings. The Hall–Kier alpha value is -0.310. The lowest BCUT2D eigenvalue weighted by atomic mass is 10.2. The molecule has 12 heavy (non-hydrogen) atoms. The van der Waals surface area contributed by atoms with Crippen LogP contribution in [-0.4, -0.2) is 4.98 Å². The van der Waals surface area contributed by atoms with Crippen LogP contribution in [0.2, 0.25) is 5.15 Å². The summed E-state index contributed by atoms with van der Waals surface area (Å²) in [4.78, 5) is 4.04. The molecule has 0 saturated heterocycles. The Labute approximate surface area is 83.9 Å². The minimum absolute atomic E-state index is 0.487. The Morgan fingerprint density at radius 3 is 3.08 bits per heavy atom. The zero-order chi connectivity index (χ0) is 8.55. The summed E-state index contributed by atoms with van der Waals surface area (Å²) in [6.45, 7) is 0. The second kappa shape index (κ2) is 3.21. The fourth-order valence-electron chi connectivity index (χ4n) is 1.08. The van der Waals surface area contributed by atoms with E-state index >= 15 is 0 Å². The van der Waals surface area contributed by atoms with Crippen molar-refractivity contribution < 1.29 is 0 Å². The molecule has 2 aromatic rings. The molecule has 0 aliphatic carbocycles. The first kappa shape index (κ1) is 8.30. The number of hydrogen-bond donors (Lipinski definition) is 0. The fourth-order valence-corrected chi connectivity index (χ4v) is 2.53. The van der Waals surface area contributed by atoms with Gasteiger partial charge in [-0.3, -0.25) is 0 Å². The van der Waals surface area contributed by atoms with Crippen LogP contribution < -0.4 is 0 Å². The minimum atomic E-state index is 0.487. The largest absolute Gasteiger partial charge is 0.243 e. The van der Waals surface area contributed by atoms with E-state index in [9.17, 15) is 0 Å². The van der Waals surface area contributed by atoms with Crippen molar-refractivity contribution in [1.82, 2.24) is 4.98 Å². The van der Waals surface area contributed by atoms with Crippen LogP contribution in [0.4, 0.5) is 0 Å². The maximum atomic E-state index is 5.88. The lowest BCUT2D eigenvalue weighted by molar-refractivity contribution is 1.29. The van der Waals surface area contributed by atoms with Crippen LogP contribution in [0.5, 0.6) is 0 Å². The van der Waals surface area contributed by atoms with Crippen LogP contribution in [0, 0.1) is 0 Å². The zero-order valence-electron chi connectivity index (χ0n) is 6.05. The van der Waals surface area contributed by atoms with E-state index in [0.29, 0.717) is 11.0 Å². The van der Waals surface area contributed by atoms with E-state index in [-0.39, 0.29) is 0 Å². The Morgan fingerprint density at radius 1 is 1.50 bits per heavy atom. The SMILES string of the molecule is ClCc1cnc(Cl)c2ccsc12. The third kappa shape index (κ3) is 1.20. The van der Waals surface area contributed by atoms with Crippen molar-refractivity contribution in [2.75, 3.05) is 0 Å². The van der Waals surface area contributed by atoms with Gasteiger partial charge in [0.25, 0.3) is 0 Å². The first-order valence-corrected chi connectivity index (χ1v) is 5.18. The smallest absolute Gasteiger partial charge is 0.137 e. The normalized spacial score (nSPS) is 10.8. The molecule has 2 heterocycles. The van der Waals surface area contributed by atoms with E-state index in [1.54, 1.807) is 17.5 Å². The monoisotopic (exact) mass is 217 g/mol. The molecule has 0 amide bonds. The van der Waals surface area contributed by atoms with Gasteiger partial charge in [-0.1, -0.05) is 11.6 Å². The average Bonchev–Trinajstić information content (AvgIpc) is 2.54. The summed E-state index contributed by atoms with van der Waals surface area (Å²) in [7, 11) is 0. The molecule has 0 spiro atoms. The molecule has 2 aromatic heterocycles. The van der Waals surface area contributed by atoms with Crippen LogP contribution >= 0.6 is 34.5 Å². The average molecular weight is 218 g/mol. The van der Waals surface area contributed by atoms with E-state index in [4.69, 9.17) is 23.2 Å². The highest BCUT2D eigenvalue weighted by molar-refractivity contribution is 7.17. The van der Waals surface area contributed by atoms with E-state index in [1.165, 1.54) is 0 Å². The molecule has 4 heteroatoms. The molecule has 0 bridgehead atoms. The summed E-state index contributed by atoms with van der Waals surface area (Å²) >= 11 is 13.3. The van der Waals surface area contributed by atoms with Gasteiger partial charge in [0.15, 0.2) is 0 Å². The molecule has 0 aliphatic rings. The van der Waals surface area contributed by atoms with Crippen molar-refractivity contribution in [2.45, 2.75) is 5.88 Å². The van der Waals surface area contributed by atoms with Gasteiger partial charge in [-0.15, -0.1) is 22.9 Å². The van der Waals surface area contributed by atoms with Crippen molar-refractivity contribution in [2.24, 2.45) is 0 Å². The summed E-state index contributed by atoms with van der Waals surface area (Å²) < 4.78 is 1.14. The van der Waals surface area contributed by atoms with E-state index in [2.05, 4.69) is 4.98 Å². The van der Waals surface area contributed by atoms with Crippen LogP contribution in [0.25, 0.3) is 10.1 Å². The molecular weight excluding hydrogens is 213 g/mol. The number of nitrogens with zero attached hydrogens (tertiary/aromatic N) is 1. The van der Waals surface area contributed by atoms with Crippen LogP contribution in [0.1, 0.15) is 5.56 Å². The molecule has 0 aromatic carbocycles. The Morgan fingerprint density at radius 2 is 2.33 bits per heavy atom. The van der Waals surface area contributed by atoms with Crippen LogP contribution in [0.3, 0.4) is 0 Å². The van der Waals surface area contributed by atoms with E-state index < -0.39 is 0 Å². The first-order valence-electron chi connectivity index (χ1n) is 3.39. The van der Waals surface area contributed by atoms with Gasteiger partial charge in [0.05, 0.1) is 5.88 Å². The first-order chi connectivity index (χ1) is 5.83. The van der Waals surface area contributed by atoms with Gasteiger partial charge in [-0.25, -0.2) is 4.98 Å². The quantitative estimate of drug-likeness (QED) is 0.525. The van der Waals surface area contributed by atoms with E-state index in [0.717, 1.165) is 15.6 Å². The molecule has 1 nitrogen and oxygen atoms in total. The summed E-state index contributed by atoms with van der Waals surface area (Å²) in [6, 6.07) is 1.96. The minimum Gasteiger partial charge on any atom is -0.243 e. The third-order valence-corrected chi connectivity index (χ3v) is 3.24. The van der Waals surface area contributed by atoms with Gasteiger partial charge >= 0.3 is 0 Å². The van der Waals surface area contributed by atoms with Crippen molar-refractivity contribution in [1.29, 1.82) is 0 Å². The van der Waals surface area contributed by atoms with Crippen molar-refractivity contribution in [3.63, 3.8) is 0 Å². The number of thiophene rings is 1. The highest BCUT2D eigenvalue weighted by Gasteiger charge is 2.05. The summed E-state index contributed by atoms with van der Waals surface area (Å²) in [5.74, 6) is 0.487. The summed E-state index contributed by atoms with van der Waals surface area (Å²) in [5.41, 5.74) is 1.05. The molecule has 0 saturated carbocycles. The molecule has 0 unspecified atom stereocenters. The number of aromatic nitrogens is 1. The number of rotatable bonds is 1. The highest BCUT2D eigenvalue weighted by atomic mass is 35.5. The molecule has 0 aliphatic heterocycles. The molecule has 0 N–H and O–H groups in total. The highest BCUT2D eigenvalue weighted by Crippen LogP contribution is 2.29. The van der Waals surface area contributed by atoms with E-state index in [1.807, 2.05) is 11.4 Å². The van der Waals surface area contributed by atoms with Gasteiger partial charge in [-0.05, 0) is 11.4 Å². The van der Waals surface area contributed by atoms with Crippen molar-refractivity contribution in [3.05, 3.63) is 28.4 Å². The Kier molecular flexibility index (Phi) is 2.22. The molecule has 62 valence electrons. The van der Waals surface area contributed by atoms with Crippen LogP contribution in [-0.2, 0) is 5.88 Å². The lowest BCUT2D eigenvalue weighted by Gasteiger charge is -1.97. The second-order valence-electron chi connectivity index (χ2n) is 2.37. The Bertz CT molecular complexity index is 410. The maximum absolute atomic E-state index is 5.88. The lowest BCUT2D eigenvalue weighted by Crippen LogP contribution is -1.82. The number of fused-ring (bicyclic) bond motifs is 1. The molecule has 0 atom stereocenters. The van der Waals surface area contributed by atoms with Crippen LogP contribution in [0.15, 0.2) is 17.6 Å². The van der Waals surface area contributed by atoms with Gasteiger partial charge in [0.2, 0.25) is 0 Å². The Balaban J connectivity index is 2.82. The fraction of sp³-hybridized carbons (Fsp3) is 0.125.